The lowest BCUT2D eigenvalue weighted by atomic mass is 9.80. The van der Waals surface area contributed by atoms with E-state index in [0.29, 0.717) is 25.3 Å². The maximum Gasteiger partial charge on any atom is 0.0975 e. The predicted octanol–water partition coefficient (Wildman–Crippen LogP) is 2.33. The Labute approximate surface area is 111 Å². The molecule has 0 amide bonds. The Hall–Kier alpha value is -0.120. The van der Waals surface area contributed by atoms with Gasteiger partial charge in [0.1, 0.15) is 0 Å². The minimum Gasteiger partial charge on any atom is -0.386 e. The highest BCUT2D eigenvalue weighted by Gasteiger charge is 2.30. The Morgan fingerprint density at radius 2 is 1.89 bits per heavy atom. The summed E-state index contributed by atoms with van der Waals surface area (Å²) < 4.78 is 5.93. The van der Waals surface area contributed by atoms with Gasteiger partial charge in [-0.05, 0) is 50.9 Å². The molecule has 4 atom stereocenters. The second-order valence-corrected chi connectivity index (χ2v) is 6.85. The van der Waals surface area contributed by atoms with Crippen LogP contribution in [-0.2, 0) is 4.74 Å². The van der Waals surface area contributed by atoms with Crippen LogP contribution in [0.5, 0.6) is 0 Å². The first-order valence-corrected chi connectivity index (χ1v) is 7.53. The van der Waals surface area contributed by atoms with Crippen LogP contribution in [0.4, 0.5) is 0 Å². The van der Waals surface area contributed by atoms with E-state index in [4.69, 9.17) is 4.74 Å². The fraction of sp³-hybridized carbons (Fsp3) is 1.00. The summed E-state index contributed by atoms with van der Waals surface area (Å²) in [5.74, 6) is 1.57. The van der Waals surface area contributed by atoms with Gasteiger partial charge in [0.15, 0.2) is 0 Å². The molecular formula is C15H29NO2. The first-order chi connectivity index (χ1) is 8.46. The Balaban J connectivity index is 1.66. The van der Waals surface area contributed by atoms with Gasteiger partial charge in [-0.3, -0.25) is 0 Å². The van der Waals surface area contributed by atoms with Gasteiger partial charge in [0.25, 0.3) is 0 Å². The van der Waals surface area contributed by atoms with E-state index >= 15 is 0 Å². The summed E-state index contributed by atoms with van der Waals surface area (Å²) in [5.41, 5.74) is -0.727. The highest BCUT2D eigenvalue weighted by atomic mass is 16.5. The first kappa shape index (κ1) is 14.3. The number of aliphatic hydroxyl groups is 1. The third-order valence-electron chi connectivity index (χ3n) is 4.53. The van der Waals surface area contributed by atoms with Gasteiger partial charge >= 0.3 is 0 Å². The van der Waals surface area contributed by atoms with Gasteiger partial charge < -0.3 is 15.2 Å². The summed E-state index contributed by atoms with van der Waals surface area (Å²) in [6.45, 7) is 7.62. The summed E-state index contributed by atoms with van der Waals surface area (Å²) >= 11 is 0. The molecule has 0 aromatic heterocycles. The van der Waals surface area contributed by atoms with Crippen molar-refractivity contribution in [3.05, 3.63) is 0 Å². The third-order valence-corrected chi connectivity index (χ3v) is 4.53. The van der Waals surface area contributed by atoms with E-state index in [1.165, 1.54) is 19.3 Å². The van der Waals surface area contributed by atoms with Crippen LogP contribution in [0, 0.1) is 11.8 Å². The number of hydrogen-bond donors (Lipinski definition) is 2. The standard InChI is InChI=1S/C15H29NO2/c1-11-4-7-14(8-12(11)2)18-10-15(3,17)9-16-13-5-6-13/h11-14,16-17H,4-10H2,1-3H3. The second-order valence-electron chi connectivity index (χ2n) is 6.85. The van der Waals surface area contributed by atoms with Crippen LogP contribution in [0.1, 0.15) is 52.9 Å². The van der Waals surface area contributed by atoms with E-state index in [-0.39, 0.29) is 0 Å². The van der Waals surface area contributed by atoms with E-state index < -0.39 is 5.60 Å². The number of ether oxygens (including phenoxy) is 1. The Morgan fingerprint density at radius 3 is 2.50 bits per heavy atom. The molecule has 0 bridgehead atoms. The SMILES string of the molecule is CC1CCC(OCC(C)(O)CNC2CC2)CC1C. The third kappa shape index (κ3) is 4.52. The molecule has 18 heavy (non-hydrogen) atoms. The fourth-order valence-corrected chi connectivity index (χ4v) is 2.65. The highest BCUT2D eigenvalue weighted by molar-refractivity contribution is 4.86. The summed E-state index contributed by atoms with van der Waals surface area (Å²) in [4.78, 5) is 0. The van der Waals surface area contributed by atoms with Crippen molar-refractivity contribution < 1.29 is 9.84 Å². The van der Waals surface area contributed by atoms with Gasteiger partial charge in [0, 0.05) is 12.6 Å². The molecule has 2 rings (SSSR count). The van der Waals surface area contributed by atoms with Gasteiger partial charge in [-0.25, -0.2) is 0 Å². The van der Waals surface area contributed by atoms with E-state index in [1.807, 2.05) is 6.92 Å². The zero-order valence-electron chi connectivity index (χ0n) is 12.1. The van der Waals surface area contributed by atoms with E-state index in [0.717, 1.165) is 24.7 Å². The Morgan fingerprint density at radius 1 is 1.17 bits per heavy atom. The van der Waals surface area contributed by atoms with Crippen molar-refractivity contribution >= 4 is 0 Å². The van der Waals surface area contributed by atoms with E-state index in [9.17, 15) is 5.11 Å². The molecule has 3 heteroatoms. The molecule has 0 aliphatic heterocycles. The van der Waals surface area contributed by atoms with Crippen LogP contribution in [0.25, 0.3) is 0 Å². The van der Waals surface area contributed by atoms with Gasteiger partial charge in [0.2, 0.25) is 0 Å². The molecule has 106 valence electrons. The van der Waals surface area contributed by atoms with Crippen molar-refractivity contribution in [1.29, 1.82) is 0 Å². The predicted molar refractivity (Wildman–Crippen MR) is 73.6 cm³/mol. The topological polar surface area (TPSA) is 41.5 Å². The Kier molecular flexibility index (Phi) is 4.68. The molecule has 3 nitrogen and oxygen atoms in total. The summed E-state index contributed by atoms with van der Waals surface area (Å²) in [7, 11) is 0. The molecule has 0 spiro atoms. The summed E-state index contributed by atoms with van der Waals surface area (Å²) in [5, 5.41) is 13.6. The molecule has 2 fully saturated rings. The lowest BCUT2D eigenvalue weighted by Crippen LogP contribution is -2.44. The number of hydrogen-bond acceptors (Lipinski definition) is 3. The normalized spacial score (nSPS) is 36.3. The molecule has 4 unspecified atom stereocenters. The minimum absolute atomic E-state index is 0.351. The van der Waals surface area contributed by atoms with E-state index in [2.05, 4.69) is 19.2 Å². The number of rotatable bonds is 6. The van der Waals surface area contributed by atoms with Gasteiger partial charge in [-0.15, -0.1) is 0 Å². The monoisotopic (exact) mass is 255 g/mol. The van der Waals surface area contributed by atoms with Crippen molar-refractivity contribution in [3.8, 4) is 0 Å². The smallest absolute Gasteiger partial charge is 0.0975 e. The summed E-state index contributed by atoms with van der Waals surface area (Å²) in [6, 6.07) is 0.645. The van der Waals surface area contributed by atoms with Crippen LogP contribution in [0.15, 0.2) is 0 Å². The van der Waals surface area contributed by atoms with Gasteiger partial charge in [-0.1, -0.05) is 13.8 Å². The van der Waals surface area contributed by atoms with Crippen molar-refractivity contribution in [2.75, 3.05) is 13.2 Å². The minimum atomic E-state index is -0.727. The quantitative estimate of drug-likeness (QED) is 0.765. The van der Waals surface area contributed by atoms with Crippen molar-refractivity contribution in [2.24, 2.45) is 11.8 Å². The molecule has 0 aromatic carbocycles. The highest BCUT2D eigenvalue weighted by Crippen LogP contribution is 2.31. The molecule has 2 saturated carbocycles. The average Bonchev–Trinajstić information content (AvgIpc) is 3.12. The largest absolute Gasteiger partial charge is 0.386 e. The molecule has 2 aliphatic carbocycles. The molecule has 2 N–H and O–H groups in total. The van der Waals surface area contributed by atoms with E-state index in [1.54, 1.807) is 0 Å². The maximum absolute atomic E-state index is 10.3. The lowest BCUT2D eigenvalue weighted by Gasteiger charge is -2.34. The first-order valence-electron chi connectivity index (χ1n) is 7.53. The molecule has 2 aliphatic rings. The zero-order valence-corrected chi connectivity index (χ0v) is 12.1. The molecule has 0 aromatic rings. The van der Waals surface area contributed by atoms with Gasteiger partial charge in [-0.2, -0.15) is 0 Å². The van der Waals surface area contributed by atoms with Crippen LogP contribution in [0.3, 0.4) is 0 Å². The Bertz CT molecular complexity index is 263. The fourth-order valence-electron chi connectivity index (χ4n) is 2.65. The van der Waals surface area contributed by atoms with Crippen LogP contribution in [0.2, 0.25) is 0 Å². The second kappa shape index (κ2) is 5.89. The average molecular weight is 255 g/mol. The molecular weight excluding hydrogens is 226 g/mol. The van der Waals surface area contributed by atoms with Crippen LogP contribution in [-0.4, -0.2) is 36.0 Å². The molecule has 0 saturated heterocycles. The summed E-state index contributed by atoms with van der Waals surface area (Å²) in [6.07, 6.45) is 6.42. The lowest BCUT2D eigenvalue weighted by molar-refractivity contribution is -0.0792. The van der Waals surface area contributed by atoms with Crippen molar-refractivity contribution in [2.45, 2.75) is 70.6 Å². The number of nitrogens with one attached hydrogen (secondary N) is 1. The zero-order chi connectivity index (χ0) is 13.2. The molecule has 0 radical (unpaired) electrons. The maximum atomic E-state index is 10.3. The molecule has 0 heterocycles. The van der Waals surface area contributed by atoms with Crippen LogP contribution >= 0.6 is 0 Å². The van der Waals surface area contributed by atoms with Gasteiger partial charge in [0.05, 0.1) is 18.3 Å². The van der Waals surface area contributed by atoms with Crippen molar-refractivity contribution in [1.82, 2.24) is 5.32 Å². The van der Waals surface area contributed by atoms with Crippen molar-refractivity contribution in [3.63, 3.8) is 0 Å². The van der Waals surface area contributed by atoms with Crippen LogP contribution < -0.4 is 5.32 Å².